The Hall–Kier alpha value is -0.120. The normalized spacial score (nSPS) is 23.5. The number of rotatable bonds is 3. The van der Waals surface area contributed by atoms with Crippen LogP contribution in [0.25, 0.3) is 0 Å². The first-order chi connectivity index (χ1) is 5.33. The van der Waals surface area contributed by atoms with Crippen molar-refractivity contribution in [2.24, 2.45) is 5.73 Å². The first-order valence-electron chi connectivity index (χ1n) is 4.26. The quantitative estimate of drug-likeness (QED) is 0.653. The molecule has 1 atom stereocenters. The first-order valence-corrected chi connectivity index (χ1v) is 4.26. The van der Waals surface area contributed by atoms with Crippen LogP contribution in [-0.2, 0) is 9.47 Å². The third kappa shape index (κ3) is 3.18. The summed E-state index contributed by atoms with van der Waals surface area (Å²) in [7, 11) is 0. The van der Waals surface area contributed by atoms with Gasteiger partial charge in [-0.15, -0.1) is 0 Å². The fraction of sp³-hybridized carbons (Fsp3) is 1.00. The summed E-state index contributed by atoms with van der Waals surface area (Å²) < 4.78 is 10.8. The molecule has 1 unspecified atom stereocenters. The van der Waals surface area contributed by atoms with Gasteiger partial charge in [0.15, 0.2) is 0 Å². The lowest BCUT2D eigenvalue weighted by atomic mass is 10.1. The van der Waals surface area contributed by atoms with E-state index in [1.54, 1.807) is 0 Å². The van der Waals surface area contributed by atoms with Crippen molar-refractivity contribution in [1.82, 2.24) is 0 Å². The molecule has 1 fully saturated rings. The van der Waals surface area contributed by atoms with E-state index in [1.165, 1.54) is 0 Å². The van der Waals surface area contributed by atoms with Gasteiger partial charge in [0.2, 0.25) is 0 Å². The van der Waals surface area contributed by atoms with Crippen molar-refractivity contribution < 1.29 is 9.47 Å². The minimum atomic E-state index is 0.193. The predicted molar refractivity (Wildman–Crippen MR) is 43.4 cm³/mol. The summed E-state index contributed by atoms with van der Waals surface area (Å²) in [5, 5.41) is 0. The van der Waals surface area contributed by atoms with Crippen molar-refractivity contribution >= 4 is 0 Å². The van der Waals surface area contributed by atoms with Crippen LogP contribution in [0.3, 0.4) is 0 Å². The van der Waals surface area contributed by atoms with Crippen LogP contribution in [0.15, 0.2) is 0 Å². The molecule has 2 N–H and O–H groups in total. The summed E-state index contributed by atoms with van der Waals surface area (Å²) in [5.41, 5.74) is 5.43. The largest absolute Gasteiger partial charge is 0.381 e. The van der Waals surface area contributed by atoms with Crippen molar-refractivity contribution in [1.29, 1.82) is 0 Å². The zero-order chi connectivity index (χ0) is 8.10. The lowest BCUT2D eigenvalue weighted by Crippen LogP contribution is -2.30. The number of nitrogens with two attached hydrogens (primary N) is 1. The molecule has 0 aromatic carbocycles. The Kier molecular flexibility index (Phi) is 3.83. The summed E-state index contributed by atoms with van der Waals surface area (Å²) >= 11 is 0. The second kappa shape index (κ2) is 4.70. The number of hydrogen-bond acceptors (Lipinski definition) is 3. The fourth-order valence-electron chi connectivity index (χ4n) is 1.20. The third-order valence-corrected chi connectivity index (χ3v) is 1.93. The van der Waals surface area contributed by atoms with Gasteiger partial charge >= 0.3 is 0 Å². The van der Waals surface area contributed by atoms with E-state index < -0.39 is 0 Å². The molecule has 0 spiro atoms. The van der Waals surface area contributed by atoms with Gasteiger partial charge in [0.05, 0.1) is 12.2 Å². The molecule has 1 heterocycles. The molecule has 11 heavy (non-hydrogen) atoms. The van der Waals surface area contributed by atoms with Crippen molar-refractivity contribution in [3.05, 3.63) is 0 Å². The zero-order valence-corrected chi connectivity index (χ0v) is 7.08. The van der Waals surface area contributed by atoms with Crippen molar-refractivity contribution in [2.75, 3.05) is 19.8 Å². The average molecular weight is 159 g/mol. The molecule has 66 valence electrons. The second-order valence-corrected chi connectivity index (χ2v) is 2.99. The van der Waals surface area contributed by atoms with Crippen molar-refractivity contribution in [3.63, 3.8) is 0 Å². The van der Waals surface area contributed by atoms with Gasteiger partial charge in [-0.2, -0.15) is 0 Å². The van der Waals surface area contributed by atoms with E-state index in [-0.39, 0.29) is 6.10 Å². The van der Waals surface area contributed by atoms with E-state index in [4.69, 9.17) is 15.2 Å². The Morgan fingerprint density at radius 3 is 2.73 bits per heavy atom. The summed E-state index contributed by atoms with van der Waals surface area (Å²) in [5.74, 6) is 0. The smallest absolute Gasteiger partial charge is 0.0672 e. The summed E-state index contributed by atoms with van der Waals surface area (Å²) in [4.78, 5) is 0. The van der Waals surface area contributed by atoms with E-state index in [0.29, 0.717) is 12.6 Å². The summed E-state index contributed by atoms with van der Waals surface area (Å²) in [6, 6.07) is 0. The van der Waals surface area contributed by atoms with Crippen LogP contribution in [0.4, 0.5) is 0 Å². The van der Waals surface area contributed by atoms with Crippen molar-refractivity contribution in [3.8, 4) is 0 Å². The van der Waals surface area contributed by atoms with Gasteiger partial charge < -0.3 is 15.2 Å². The Morgan fingerprint density at radius 2 is 2.18 bits per heavy atom. The minimum Gasteiger partial charge on any atom is -0.381 e. The molecular formula is C8H17NO2. The summed E-state index contributed by atoms with van der Waals surface area (Å²) in [6.07, 6.45) is 2.61. The minimum absolute atomic E-state index is 0.193. The average Bonchev–Trinajstić information content (AvgIpc) is 2.06. The van der Waals surface area contributed by atoms with Gasteiger partial charge in [0, 0.05) is 19.8 Å². The molecule has 0 aromatic rings. The molecule has 0 aromatic heterocycles. The Labute approximate surface area is 67.9 Å². The van der Waals surface area contributed by atoms with Crippen LogP contribution in [0, 0.1) is 0 Å². The van der Waals surface area contributed by atoms with Crippen LogP contribution in [0.2, 0.25) is 0 Å². The third-order valence-electron chi connectivity index (χ3n) is 1.93. The molecule has 0 aliphatic carbocycles. The monoisotopic (exact) mass is 159 g/mol. The lowest BCUT2D eigenvalue weighted by molar-refractivity contribution is -0.0590. The highest BCUT2D eigenvalue weighted by atomic mass is 16.5. The Bertz CT molecular complexity index is 102. The molecule has 3 nitrogen and oxygen atoms in total. The topological polar surface area (TPSA) is 44.5 Å². The van der Waals surface area contributed by atoms with Gasteiger partial charge in [-0.1, -0.05) is 0 Å². The van der Waals surface area contributed by atoms with Crippen LogP contribution >= 0.6 is 0 Å². The van der Waals surface area contributed by atoms with Gasteiger partial charge in [-0.25, -0.2) is 0 Å². The molecule has 1 saturated heterocycles. The standard InChI is InChI=1S/C8H17NO2/c1-7(6-9)11-8-2-4-10-5-3-8/h7-8H,2-6,9H2,1H3. The molecular weight excluding hydrogens is 142 g/mol. The molecule has 0 saturated carbocycles. The van der Waals surface area contributed by atoms with Gasteiger partial charge in [-0.05, 0) is 19.8 Å². The molecule has 1 rings (SSSR count). The van der Waals surface area contributed by atoms with Crippen LogP contribution in [-0.4, -0.2) is 32.0 Å². The van der Waals surface area contributed by atoms with E-state index in [0.717, 1.165) is 26.1 Å². The lowest BCUT2D eigenvalue weighted by Gasteiger charge is -2.25. The first kappa shape index (κ1) is 8.97. The summed E-state index contributed by atoms with van der Waals surface area (Å²) in [6.45, 7) is 4.29. The molecule has 3 heteroatoms. The maximum Gasteiger partial charge on any atom is 0.0672 e. The number of ether oxygens (including phenoxy) is 2. The Balaban J connectivity index is 2.13. The molecule has 1 aliphatic rings. The highest BCUT2D eigenvalue weighted by molar-refractivity contribution is 4.64. The van der Waals surface area contributed by atoms with E-state index in [9.17, 15) is 0 Å². The Morgan fingerprint density at radius 1 is 1.55 bits per heavy atom. The SMILES string of the molecule is CC(CN)OC1CCOCC1. The van der Waals surface area contributed by atoms with E-state index in [2.05, 4.69) is 0 Å². The van der Waals surface area contributed by atoms with Gasteiger partial charge in [-0.3, -0.25) is 0 Å². The van der Waals surface area contributed by atoms with Gasteiger partial charge in [0.1, 0.15) is 0 Å². The molecule has 0 bridgehead atoms. The van der Waals surface area contributed by atoms with Crippen LogP contribution < -0.4 is 5.73 Å². The van der Waals surface area contributed by atoms with Gasteiger partial charge in [0.25, 0.3) is 0 Å². The molecule has 0 amide bonds. The fourth-order valence-corrected chi connectivity index (χ4v) is 1.20. The zero-order valence-electron chi connectivity index (χ0n) is 7.08. The van der Waals surface area contributed by atoms with Crippen LogP contribution in [0.5, 0.6) is 0 Å². The maximum absolute atomic E-state index is 5.64. The highest BCUT2D eigenvalue weighted by Gasteiger charge is 2.15. The van der Waals surface area contributed by atoms with Crippen LogP contribution in [0.1, 0.15) is 19.8 Å². The molecule has 1 aliphatic heterocycles. The van der Waals surface area contributed by atoms with Crippen molar-refractivity contribution in [2.45, 2.75) is 32.0 Å². The number of hydrogen-bond donors (Lipinski definition) is 1. The molecule has 0 radical (unpaired) electrons. The second-order valence-electron chi connectivity index (χ2n) is 2.99. The maximum atomic E-state index is 5.64. The van der Waals surface area contributed by atoms with E-state index in [1.807, 2.05) is 6.92 Å². The van der Waals surface area contributed by atoms with E-state index >= 15 is 0 Å². The highest BCUT2D eigenvalue weighted by Crippen LogP contribution is 2.11. The predicted octanol–water partition coefficient (Wildman–Crippen LogP) is 0.529.